The second-order valence-electron chi connectivity index (χ2n) is 7.51. The fourth-order valence-electron chi connectivity index (χ4n) is 2.69. The van der Waals surface area contributed by atoms with E-state index in [1.807, 2.05) is 36.4 Å². The lowest BCUT2D eigenvalue weighted by molar-refractivity contribution is -0.140. The van der Waals surface area contributed by atoms with Crippen LogP contribution < -0.4 is 0 Å². The van der Waals surface area contributed by atoms with Crippen molar-refractivity contribution in [2.24, 2.45) is 0 Å². The van der Waals surface area contributed by atoms with E-state index >= 15 is 0 Å². The zero-order valence-electron chi connectivity index (χ0n) is 16.3. The number of amides is 1. The van der Waals surface area contributed by atoms with Gasteiger partial charge in [0.1, 0.15) is 0 Å². The summed E-state index contributed by atoms with van der Waals surface area (Å²) in [5, 5.41) is 0.643. The maximum absolute atomic E-state index is 13.0. The Bertz CT molecular complexity index is 777. The quantitative estimate of drug-likeness (QED) is 0.666. The minimum absolute atomic E-state index is 0.0233. The molecule has 2 aromatic carbocycles. The first kappa shape index (κ1) is 21.0. The minimum atomic E-state index is -0.341. The van der Waals surface area contributed by atoms with Gasteiger partial charge in [-0.15, -0.1) is 0 Å². The van der Waals surface area contributed by atoms with E-state index in [-0.39, 0.29) is 30.3 Å². The molecule has 0 unspecified atom stereocenters. The van der Waals surface area contributed by atoms with Crippen LogP contribution in [0.15, 0.2) is 48.5 Å². The van der Waals surface area contributed by atoms with Gasteiger partial charge in [-0.1, -0.05) is 56.6 Å². The predicted molar refractivity (Wildman–Crippen MR) is 108 cm³/mol. The fraction of sp³-hybridized carbons (Fsp3) is 0.364. The van der Waals surface area contributed by atoms with Crippen LogP contribution in [0.4, 0.5) is 0 Å². The number of carbonyl (C=O) groups excluding carboxylic acids is 2. The van der Waals surface area contributed by atoms with E-state index in [1.165, 1.54) is 7.11 Å². The van der Waals surface area contributed by atoms with E-state index in [0.29, 0.717) is 17.1 Å². The van der Waals surface area contributed by atoms with Gasteiger partial charge in [0.25, 0.3) is 5.91 Å². The molecule has 0 saturated carbocycles. The summed E-state index contributed by atoms with van der Waals surface area (Å²) in [7, 11) is 1.35. The van der Waals surface area contributed by atoms with Gasteiger partial charge in [-0.05, 0) is 40.8 Å². The molecule has 0 aliphatic carbocycles. The zero-order valence-corrected chi connectivity index (χ0v) is 17.0. The summed E-state index contributed by atoms with van der Waals surface area (Å²) >= 11 is 5.94. The van der Waals surface area contributed by atoms with Crippen molar-refractivity contribution in [1.29, 1.82) is 0 Å². The van der Waals surface area contributed by atoms with Gasteiger partial charge in [0.2, 0.25) is 0 Å². The lowest BCUT2D eigenvalue weighted by Crippen LogP contribution is -2.32. The number of ether oxygens (including phenoxy) is 1. The number of rotatable bonds is 6. The highest BCUT2D eigenvalue weighted by molar-refractivity contribution is 6.30. The molecule has 0 aliphatic rings. The number of carbonyl (C=O) groups is 2. The van der Waals surface area contributed by atoms with Gasteiger partial charge in [0.05, 0.1) is 13.5 Å². The highest BCUT2D eigenvalue weighted by Gasteiger charge is 2.19. The molecule has 0 aliphatic heterocycles. The van der Waals surface area contributed by atoms with Crippen molar-refractivity contribution < 1.29 is 14.3 Å². The summed E-state index contributed by atoms with van der Waals surface area (Å²) < 4.78 is 4.71. The summed E-state index contributed by atoms with van der Waals surface area (Å²) in [5.74, 6) is -0.457. The molecule has 0 aromatic heterocycles. The maximum Gasteiger partial charge on any atom is 0.307 e. The number of hydrogen-bond donors (Lipinski definition) is 0. The molecule has 2 rings (SSSR count). The first-order chi connectivity index (χ1) is 12.7. The Kier molecular flexibility index (Phi) is 7.03. The lowest BCUT2D eigenvalue weighted by Gasteiger charge is -2.24. The predicted octanol–water partition coefficient (Wildman–Crippen LogP) is 4.84. The Balaban J connectivity index is 2.21. The largest absolute Gasteiger partial charge is 0.469 e. The molecule has 0 fully saturated rings. The van der Waals surface area contributed by atoms with E-state index < -0.39 is 0 Å². The zero-order chi connectivity index (χ0) is 20.0. The number of methoxy groups -OCH3 is 1. The Morgan fingerprint density at radius 3 is 2.11 bits per heavy atom. The minimum Gasteiger partial charge on any atom is -0.469 e. The molecule has 5 heteroatoms. The normalized spacial score (nSPS) is 11.1. The molecule has 0 saturated heterocycles. The van der Waals surface area contributed by atoms with Gasteiger partial charge in [0, 0.05) is 23.7 Å². The SMILES string of the molecule is COC(=O)CCN(Cc1ccc(Cl)cc1)C(=O)c1ccc(C(C)(C)C)cc1. The molecule has 0 bridgehead atoms. The van der Waals surface area contributed by atoms with E-state index in [2.05, 4.69) is 20.8 Å². The highest BCUT2D eigenvalue weighted by atomic mass is 35.5. The van der Waals surface area contributed by atoms with Crippen LogP contribution in [0.5, 0.6) is 0 Å². The molecular weight excluding hydrogens is 362 g/mol. The smallest absolute Gasteiger partial charge is 0.307 e. The van der Waals surface area contributed by atoms with Crippen LogP contribution in [-0.2, 0) is 21.5 Å². The third kappa shape index (κ3) is 6.10. The summed E-state index contributed by atoms with van der Waals surface area (Å²) in [6, 6.07) is 15.0. The number of halogens is 1. The molecule has 0 spiro atoms. The van der Waals surface area contributed by atoms with Crippen molar-refractivity contribution in [2.75, 3.05) is 13.7 Å². The molecule has 4 nitrogen and oxygen atoms in total. The monoisotopic (exact) mass is 387 g/mol. The van der Waals surface area contributed by atoms with Crippen molar-refractivity contribution in [1.82, 2.24) is 4.90 Å². The van der Waals surface area contributed by atoms with Crippen LogP contribution in [0, 0.1) is 0 Å². The average molecular weight is 388 g/mol. The molecule has 0 radical (unpaired) electrons. The number of esters is 1. The van der Waals surface area contributed by atoms with Gasteiger partial charge in [-0.2, -0.15) is 0 Å². The summed E-state index contributed by atoms with van der Waals surface area (Å²) in [6.07, 6.45) is 0.149. The molecule has 2 aromatic rings. The number of benzene rings is 2. The van der Waals surface area contributed by atoms with Gasteiger partial charge in [0.15, 0.2) is 0 Å². The third-order valence-corrected chi connectivity index (χ3v) is 4.64. The second kappa shape index (κ2) is 9.05. The van der Waals surface area contributed by atoms with E-state index in [1.54, 1.807) is 17.0 Å². The van der Waals surface area contributed by atoms with Crippen LogP contribution >= 0.6 is 11.6 Å². The van der Waals surface area contributed by atoms with Crippen molar-refractivity contribution >= 4 is 23.5 Å². The van der Waals surface area contributed by atoms with Crippen LogP contribution in [0.1, 0.15) is 48.7 Å². The molecule has 0 heterocycles. The average Bonchev–Trinajstić information content (AvgIpc) is 2.65. The third-order valence-electron chi connectivity index (χ3n) is 4.39. The Hall–Kier alpha value is -2.33. The van der Waals surface area contributed by atoms with Crippen molar-refractivity contribution in [2.45, 2.75) is 39.2 Å². The molecule has 0 N–H and O–H groups in total. The molecule has 0 atom stereocenters. The maximum atomic E-state index is 13.0. The summed E-state index contributed by atoms with van der Waals surface area (Å²) in [5.41, 5.74) is 2.73. The standard InChI is InChI=1S/C22H26ClNO3/c1-22(2,3)18-9-7-17(8-10-18)21(26)24(14-13-20(25)27-4)15-16-5-11-19(23)12-6-16/h5-12H,13-15H2,1-4H3. The van der Waals surface area contributed by atoms with E-state index in [4.69, 9.17) is 16.3 Å². The van der Waals surface area contributed by atoms with Gasteiger partial charge in [-0.3, -0.25) is 9.59 Å². The molecule has 144 valence electrons. The van der Waals surface area contributed by atoms with Crippen LogP contribution in [0.2, 0.25) is 5.02 Å². The van der Waals surface area contributed by atoms with Crippen LogP contribution in [0.25, 0.3) is 0 Å². The summed E-state index contributed by atoms with van der Waals surface area (Å²) in [4.78, 5) is 26.2. The molecule has 1 amide bonds. The molecule has 27 heavy (non-hydrogen) atoms. The first-order valence-corrected chi connectivity index (χ1v) is 9.29. The topological polar surface area (TPSA) is 46.6 Å². The Morgan fingerprint density at radius 2 is 1.59 bits per heavy atom. The van der Waals surface area contributed by atoms with Gasteiger partial charge >= 0.3 is 5.97 Å². The van der Waals surface area contributed by atoms with E-state index in [0.717, 1.165) is 11.1 Å². The number of nitrogens with zero attached hydrogens (tertiary/aromatic N) is 1. The first-order valence-electron chi connectivity index (χ1n) is 8.92. The number of hydrogen-bond acceptors (Lipinski definition) is 3. The summed E-state index contributed by atoms with van der Waals surface area (Å²) in [6.45, 7) is 7.08. The van der Waals surface area contributed by atoms with Crippen LogP contribution in [0.3, 0.4) is 0 Å². The van der Waals surface area contributed by atoms with Crippen molar-refractivity contribution in [3.05, 3.63) is 70.2 Å². The van der Waals surface area contributed by atoms with Gasteiger partial charge in [-0.25, -0.2) is 0 Å². The Labute approximate surface area is 166 Å². The van der Waals surface area contributed by atoms with Crippen LogP contribution in [-0.4, -0.2) is 30.4 Å². The fourth-order valence-corrected chi connectivity index (χ4v) is 2.81. The highest BCUT2D eigenvalue weighted by Crippen LogP contribution is 2.23. The van der Waals surface area contributed by atoms with Crippen molar-refractivity contribution in [3.63, 3.8) is 0 Å². The Morgan fingerprint density at radius 1 is 1.00 bits per heavy atom. The van der Waals surface area contributed by atoms with Gasteiger partial charge < -0.3 is 9.64 Å². The lowest BCUT2D eigenvalue weighted by atomic mass is 9.86. The molecular formula is C22H26ClNO3. The second-order valence-corrected chi connectivity index (χ2v) is 7.94. The van der Waals surface area contributed by atoms with E-state index in [9.17, 15) is 9.59 Å². The van der Waals surface area contributed by atoms with Crippen molar-refractivity contribution in [3.8, 4) is 0 Å².